The van der Waals surface area contributed by atoms with E-state index in [0.717, 1.165) is 17.2 Å². The molecule has 0 spiro atoms. The fourth-order valence-electron chi connectivity index (χ4n) is 1.64. The molecule has 3 aromatic rings. The van der Waals surface area contributed by atoms with Crippen LogP contribution in [0.3, 0.4) is 0 Å². The highest BCUT2D eigenvalue weighted by atomic mass is 19.1. The van der Waals surface area contributed by atoms with Crippen LogP contribution in [0, 0.1) is 5.82 Å². The highest BCUT2D eigenvalue weighted by Gasteiger charge is 2.03. The van der Waals surface area contributed by atoms with Crippen molar-refractivity contribution in [2.45, 2.75) is 0 Å². The lowest BCUT2D eigenvalue weighted by Crippen LogP contribution is -1.97. The van der Waals surface area contributed by atoms with Crippen LogP contribution in [0.2, 0.25) is 0 Å². The fourth-order valence-corrected chi connectivity index (χ4v) is 1.64. The van der Waals surface area contributed by atoms with Crippen LogP contribution < -0.4 is 5.32 Å². The Balaban J connectivity index is 1.98. The predicted octanol–water partition coefficient (Wildman–Crippen LogP) is 2.91. The second-order valence-electron chi connectivity index (χ2n) is 3.72. The van der Waals surface area contributed by atoms with Gasteiger partial charge in [-0.1, -0.05) is 0 Å². The number of hydrogen-bond donors (Lipinski definition) is 1. The summed E-state index contributed by atoms with van der Waals surface area (Å²) in [7, 11) is 0. The second kappa shape index (κ2) is 4.37. The molecule has 0 fully saturated rings. The van der Waals surface area contributed by atoms with Gasteiger partial charge in [0.05, 0.1) is 22.9 Å². The van der Waals surface area contributed by atoms with Crippen LogP contribution in [-0.4, -0.2) is 15.0 Å². The van der Waals surface area contributed by atoms with Gasteiger partial charge in [0.1, 0.15) is 5.82 Å². The molecule has 0 radical (unpaired) electrons. The molecular formula is C13H9FN4. The Morgan fingerprint density at radius 1 is 1.00 bits per heavy atom. The highest BCUT2D eigenvalue weighted by molar-refractivity contribution is 5.76. The van der Waals surface area contributed by atoms with E-state index in [2.05, 4.69) is 20.3 Å². The summed E-state index contributed by atoms with van der Waals surface area (Å²) in [5.41, 5.74) is 1.91. The first-order valence-corrected chi connectivity index (χ1v) is 5.41. The van der Waals surface area contributed by atoms with Gasteiger partial charge in [0.15, 0.2) is 5.82 Å². The zero-order valence-electron chi connectivity index (χ0n) is 9.34. The van der Waals surface area contributed by atoms with E-state index in [0.29, 0.717) is 11.5 Å². The van der Waals surface area contributed by atoms with Crippen molar-refractivity contribution in [1.82, 2.24) is 15.0 Å². The Morgan fingerprint density at radius 3 is 2.83 bits per heavy atom. The number of nitrogens with one attached hydrogen (secondary N) is 1. The van der Waals surface area contributed by atoms with Gasteiger partial charge in [-0.3, -0.25) is 9.97 Å². The van der Waals surface area contributed by atoms with E-state index >= 15 is 0 Å². The molecule has 0 aromatic carbocycles. The third-order valence-electron chi connectivity index (χ3n) is 2.49. The lowest BCUT2D eigenvalue weighted by Gasteiger charge is -2.06. The SMILES string of the molecule is Fc1cnccc1Nc1ccc2ncccc2n1. The van der Waals surface area contributed by atoms with E-state index in [1.165, 1.54) is 6.20 Å². The molecule has 0 amide bonds. The largest absolute Gasteiger partial charge is 0.338 e. The Hall–Kier alpha value is -2.56. The number of rotatable bonds is 2. The number of pyridine rings is 3. The molecule has 3 aromatic heterocycles. The molecule has 0 aliphatic carbocycles. The molecule has 18 heavy (non-hydrogen) atoms. The Kier molecular flexibility index (Phi) is 2.57. The van der Waals surface area contributed by atoms with Gasteiger partial charge in [-0.2, -0.15) is 0 Å². The zero-order valence-corrected chi connectivity index (χ0v) is 9.34. The van der Waals surface area contributed by atoms with Gasteiger partial charge in [0.2, 0.25) is 0 Å². The number of aromatic nitrogens is 3. The van der Waals surface area contributed by atoms with E-state index in [9.17, 15) is 4.39 Å². The average molecular weight is 240 g/mol. The van der Waals surface area contributed by atoms with Crippen molar-refractivity contribution in [1.29, 1.82) is 0 Å². The molecule has 0 unspecified atom stereocenters. The molecular weight excluding hydrogens is 231 g/mol. The van der Waals surface area contributed by atoms with Crippen molar-refractivity contribution in [2.24, 2.45) is 0 Å². The molecule has 3 heterocycles. The molecule has 4 nitrogen and oxygen atoms in total. The molecule has 1 N–H and O–H groups in total. The van der Waals surface area contributed by atoms with Crippen LogP contribution in [0.5, 0.6) is 0 Å². The maximum atomic E-state index is 13.4. The molecule has 88 valence electrons. The van der Waals surface area contributed by atoms with Gasteiger partial charge in [0.25, 0.3) is 0 Å². The van der Waals surface area contributed by atoms with E-state index in [1.807, 2.05) is 18.2 Å². The Bertz CT molecular complexity index is 699. The molecule has 0 atom stereocenters. The van der Waals surface area contributed by atoms with Crippen molar-refractivity contribution in [2.75, 3.05) is 5.32 Å². The van der Waals surface area contributed by atoms with Crippen molar-refractivity contribution < 1.29 is 4.39 Å². The highest BCUT2D eigenvalue weighted by Crippen LogP contribution is 2.19. The quantitative estimate of drug-likeness (QED) is 0.748. The lowest BCUT2D eigenvalue weighted by atomic mass is 10.3. The zero-order chi connectivity index (χ0) is 12.4. The van der Waals surface area contributed by atoms with Crippen molar-refractivity contribution >= 4 is 22.5 Å². The maximum absolute atomic E-state index is 13.4. The monoisotopic (exact) mass is 240 g/mol. The topological polar surface area (TPSA) is 50.7 Å². The van der Waals surface area contributed by atoms with Gasteiger partial charge >= 0.3 is 0 Å². The summed E-state index contributed by atoms with van der Waals surface area (Å²) in [5, 5.41) is 2.91. The first-order valence-electron chi connectivity index (χ1n) is 5.41. The minimum atomic E-state index is -0.411. The van der Waals surface area contributed by atoms with E-state index in [4.69, 9.17) is 0 Å². The standard InChI is InChI=1S/C13H9FN4/c14-9-8-15-7-5-10(9)17-13-4-3-11-12(18-13)2-1-6-16-11/h1-8H,(H,15,17,18). The first kappa shape index (κ1) is 10.6. The van der Waals surface area contributed by atoms with Gasteiger partial charge in [0, 0.05) is 12.4 Å². The molecule has 0 saturated carbocycles. The third-order valence-corrected chi connectivity index (χ3v) is 2.49. The smallest absolute Gasteiger partial charge is 0.164 e. The summed E-state index contributed by atoms with van der Waals surface area (Å²) >= 11 is 0. The Morgan fingerprint density at radius 2 is 1.94 bits per heavy atom. The van der Waals surface area contributed by atoms with Gasteiger partial charge < -0.3 is 5.32 Å². The van der Waals surface area contributed by atoms with Crippen LogP contribution >= 0.6 is 0 Å². The molecule has 0 aliphatic rings. The van der Waals surface area contributed by atoms with Crippen molar-refractivity contribution in [3.63, 3.8) is 0 Å². The number of hydrogen-bond acceptors (Lipinski definition) is 4. The summed E-state index contributed by atoms with van der Waals surface area (Å²) in [6.45, 7) is 0. The molecule has 0 aliphatic heterocycles. The maximum Gasteiger partial charge on any atom is 0.164 e. The molecule has 5 heteroatoms. The van der Waals surface area contributed by atoms with Gasteiger partial charge in [-0.05, 0) is 30.3 Å². The molecule has 0 bridgehead atoms. The van der Waals surface area contributed by atoms with Crippen LogP contribution in [0.4, 0.5) is 15.9 Å². The number of halogens is 1. The molecule has 0 saturated heterocycles. The van der Waals surface area contributed by atoms with E-state index in [1.54, 1.807) is 18.3 Å². The fraction of sp³-hybridized carbons (Fsp3) is 0. The number of anilines is 2. The third kappa shape index (κ3) is 1.98. The summed E-state index contributed by atoms with van der Waals surface area (Å²) in [6, 6.07) is 8.83. The Labute approximate surface area is 103 Å². The number of fused-ring (bicyclic) bond motifs is 1. The minimum Gasteiger partial charge on any atom is -0.338 e. The van der Waals surface area contributed by atoms with Crippen LogP contribution in [0.25, 0.3) is 11.0 Å². The van der Waals surface area contributed by atoms with Crippen molar-refractivity contribution in [3.05, 3.63) is 54.7 Å². The first-order chi connectivity index (χ1) is 8.83. The van der Waals surface area contributed by atoms with E-state index < -0.39 is 5.82 Å². The predicted molar refractivity (Wildman–Crippen MR) is 67.0 cm³/mol. The number of nitrogens with zero attached hydrogens (tertiary/aromatic N) is 3. The van der Waals surface area contributed by atoms with Crippen molar-refractivity contribution in [3.8, 4) is 0 Å². The minimum absolute atomic E-state index is 0.348. The van der Waals surface area contributed by atoms with Crippen LogP contribution in [0.1, 0.15) is 0 Å². The molecule has 3 rings (SSSR count). The summed E-state index contributed by atoms with van der Waals surface area (Å²) in [6.07, 6.45) is 4.39. The normalized spacial score (nSPS) is 10.5. The average Bonchev–Trinajstić information content (AvgIpc) is 2.41. The van der Waals surface area contributed by atoms with Crippen LogP contribution in [-0.2, 0) is 0 Å². The summed E-state index contributed by atoms with van der Waals surface area (Å²) < 4.78 is 13.4. The summed E-state index contributed by atoms with van der Waals surface area (Å²) in [5.74, 6) is 0.159. The van der Waals surface area contributed by atoms with Gasteiger partial charge in [-0.25, -0.2) is 9.37 Å². The lowest BCUT2D eigenvalue weighted by molar-refractivity contribution is 0.625. The second-order valence-corrected chi connectivity index (χ2v) is 3.72. The summed E-state index contributed by atoms with van der Waals surface area (Å²) in [4.78, 5) is 12.2. The van der Waals surface area contributed by atoms with E-state index in [-0.39, 0.29) is 0 Å². The van der Waals surface area contributed by atoms with Crippen LogP contribution in [0.15, 0.2) is 48.9 Å². The van der Waals surface area contributed by atoms with Gasteiger partial charge in [-0.15, -0.1) is 0 Å².